The van der Waals surface area contributed by atoms with Crippen molar-refractivity contribution in [3.8, 4) is 0 Å². The molecule has 0 radical (unpaired) electrons. The van der Waals surface area contributed by atoms with Crippen LogP contribution in [0.2, 0.25) is 0 Å². The maximum atomic E-state index is 12.4. The van der Waals surface area contributed by atoms with E-state index in [-0.39, 0.29) is 0 Å². The van der Waals surface area contributed by atoms with Crippen LogP contribution < -0.4 is 5.32 Å². The van der Waals surface area contributed by atoms with Gasteiger partial charge in [0.1, 0.15) is 0 Å². The molecule has 1 N–H and O–H groups in total. The second-order valence-corrected chi connectivity index (χ2v) is 6.75. The third-order valence-corrected chi connectivity index (χ3v) is 4.87. The fourth-order valence-electron chi connectivity index (χ4n) is 3.87. The first-order valence-electron chi connectivity index (χ1n) is 8.11. The van der Waals surface area contributed by atoms with Crippen molar-refractivity contribution in [1.82, 2.24) is 10.2 Å². The van der Waals surface area contributed by atoms with Gasteiger partial charge in [0, 0.05) is 19.5 Å². The molecule has 2 fully saturated rings. The van der Waals surface area contributed by atoms with Crippen LogP contribution in [-0.2, 0) is 4.79 Å². The predicted molar refractivity (Wildman–Crippen MR) is 79.0 cm³/mol. The van der Waals surface area contributed by atoms with Crippen LogP contribution in [0.5, 0.6) is 0 Å². The third kappa shape index (κ3) is 4.48. The Labute approximate surface area is 118 Å². The Hall–Kier alpha value is -0.570. The van der Waals surface area contributed by atoms with Gasteiger partial charge in [-0.15, -0.1) is 0 Å². The largest absolute Gasteiger partial charge is 0.342 e. The lowest BCUT2D eigenvalue weighted by molar-refractivity contribution is -0.134. The van der Waals surface area contributed by atoms with E-state index in [1.165, 1.54) is 38.5 Å². The smallest absolute Gasteiger partial charge is 0.222 e. The first-order chi connectivity index (χ1) is 9.19. The summed E-state index contributed by atoms with van der Waals surface area (Å²) in [6.45, 7) is 5.34. The lowest BCUT2D eigenvalue weighted by Gasteiger charge is -2.34. The number of nitrogens with zero attached hydrogens (tertiary/aromatic N) is 1. The van der Waals surface area contributed by atoms with Crippen molar-refractivity contribution in [2.75, 3.05) is 26.7 Å². The van der Waals surface area contributed by atoms with Gasteiger partial charge in [-0.3, -0.25) is 4.79 Å². The standard InChI is InChI=1S/C16H30N2O/c1-13-5-3-6-14(9-13)10-16(19)18-8-4-7-15(12-18)11-17-2/h13-15,17H,3-12H2,1-2H3. The zero-order chi connectivity index (χ0) is 13.7. The fourth-order valence-corrected chi connectivity index (χ4v) is 3.87. The molecule has 3 nitrogen and oxygen atoms in total. The van der Waals surface area contributed by atoms with Gasteiger partial charge in [0.25, 0.3) is 0 Å². The Morgan fingerprint density at radius 3 is 2.74 bits per heavy atom. The zero-order valence-corrected chi connectivity index (χ0v) is 12.7. The molecule has 1 saturated carbocycles. The molecule has 0 bridgehead atoms. The van der Waals surface area contributed by atoms with E-state index in [1.54, 1.807) is 0 Å². The highest BCUT2D eigenvalue weighted by molar-refractivity contribution is 5.76. The van der Waals surface area contributed by atoms with E-state index < -0.39 is 0 Å². The Morgan fingerprint density at radius 1 is 1.21 bits per heavy atom. The SMILES string of the molecule is CNCC1CCCN(C(=O)CC2CCCC(C)C2)C1. The molecule has 1 saturated heterocycles. The highest BCUT2D eigenvalue weighted by Crippen LogP contribution is 2.31. The van der Waals surface area contributed by atoms with Crippen LogP contribution in [0.4, 0.5) is 0 Å². The van der Waals surface area contributed by atoms with Gasteiger partial charge >= 0.3 is 0 Å². The number of hydrogen-bond acceptors (Lipinski definition) is 2. The monoisotopic (exact) mass is 266 g/mol. The minimum Gasteiger partial charge on any atom is -0.342 e. The van der Waals surface area contributed by atoms with Gasteiger partial charge < -0.3 is 10.2 Å². The molecule has 110 valence electrons. The molecule has 1 aliphatic carbocycles. The van der Waals surface area contributed by atoms with Crippen LogP contribution in [0.15, 0.2) is 0 Å². The molecular formula is C16H30N2O. The van der Waals surface area contributed by atoms with Gasteiger partial charge in [0.05, 0.1) is 0 Å². The Morgan fingerprint density at radius 2 is 2.00 bits per heavy atom. The maximum absolute atomic E-state index is 12.4. The normalized spacial score (nSPS) is 32.3. The molecule has 0 spiro atoms. The van der Waals surface area contributed by atoms with Crippen LogP contribution in [0.1, 0.15) is 51.9 Å². The minimum atomic E-state index is 0.417. The molecule has 1 heterocycles. The molecule has 0 aromatic rings. The van der Waals surface area contributed by atoms with Gasteiger partial charge in [-0.25, -0.2) is 0 Å². The van der Waals surface area contributed by atoms with E-state index in [1.807, 2.05) is 7.05 Å². The molecule has 3 unspecified atom stereocenters. The minimum absolute atomic E-state index is 0.417. The highest BCUT2D eigenvalue weighted by atomic mass is 16.2. The molecule has 3 heteroatoms. The van der Waals surface area contributed by atoms with Gasteiger partial charge in [-0.2, -0.15) is 0 Å². The Balaban J connectivity index is 1.78. The molecule has 0 aromatic carbocycles. The lowest BCUT2D eigenvalue weighted by Crippen LogP contribution is -2.43. The molecule has 0 aromatic heterocycles. The molecule has 19 heavy (non-hydrogen) atoms. The quantitative estimate of drug-likeness (QED) is 0.848. The number of nitrogens with one attached hydrogen (secondary N) is 1. The average molecular weight is 266 g/mol. The predicted octanol–water partition coefficient (Wildman–Crippen LogP) is 2.66. The van der Waals surface area contributed by atoms with Crippen molar-refractivity contribution in [2.24, 2.45) is 17.8 Å². The van der Waals surface area contributed by atoms with E-state index in [4.69, 9.17) is 0 Å². The summed E-state index contributed by atoms with van der Waals surface area (Å²) in [6, 6.07) is 0. The second-order valence-electron chi connectivity index (χ2n) is 6.75. The van der Waals surface area contributed by atoms with E-state index in [0.29, 0.717) is 17.7 Å². The molecular weight excluding hydrogens is 236 g/mol. The van der Waals surface area contributed by atoms with E-state index in [2.05, 4.69) is 17.1 Å². The van der Waals surface area contributed by atoms with Crippen LogP contribution in [0, 0.1) is 17.8 Å². The lowest BCUT2D eigenvalue weighted by atomic mass is 9.80. The van der Waals surface area contributed by atoms with Crippen LogP contribution in [0.3, 0.4) is 0 Å². The van der Waals surface area contributed by atoms with E-state index in [9.17, 15) is 4.79 Å². The third-order valence-electron chi connectivity index (χ3n) is 4.87. The second kappa shape index (κ2) is 7.28. The fraction of sp³-hybridized carbons (Fsp3) is 0.938. The highest BCUT2D eigenvalue weighted by Gasteiger charge is 2.27. The summed E-state index contributed by atoms with van der Waals surface area (Å²) < 4.78 is 0. The van der Waals surface area contributed by atoms with Gasteiger partial charge in [-0.05, 0) is 57.0 Å². The van der Waals surface area contributed by atoms with Crippen molar-refractivity contribution in [3.05, 3.63) is 0 Å². The Kier molecular flexibility index (Phi) is 5.68. The number of carbonyl (C=O) groups excluding carboxylic acids is 1. The summed E-state index contributed by atoms with van der Waals surface area (Å²) in [7, 11) is 2.00. The average Bonchev–Trinajstić information content (AvgIpc) is 2.39. The van der Waals surface area contributed by atoms with Gasteiger partial charge in [-0.1, -0.05) is 19.8 Å². The summed E-state index contributed by atoms with van der Waals surface area (Å²) in [5, 5.41) is 3.25. The molecule has 1 aliphatic heterocycles. The molecule has 1 amide bonds. The summed E-state index contributed by atoms with van der Waals surface area (Å²) in [6.07, 6.45) is 8.46. The first-order valence-corrected chi connectivity index (χ1v) is 8.11. The summed E-state index contributed by atoms with van der Waals surface area (Å²) >= 11 is 0. The van der Waals surface area contributed by atoms with Crippen molar-refractivity contribution >= 4 is 5.91 Å². The summed E-state index contributed by atoms with van der Waals surface area (Å²) in [4.78, 5) is 14.6. The van der Waals surface area contributed by atoms with Crippen molar-refractivity contribution in [1.29, 1.82) is 0 Å². The number of piperidine rings is 1. The summed E-state index contributed by atoms with van der Waals surface area (Å²) in [5.74, 6) is 2.55. The van der Waals surface area contributed by atoms with E-state index >= 15 is 0 Å². The van der Waals surface area contributed by atoms with E-state index in [0.717, 1.165) is 32.0 Å². The molecule has 3 atom stereocenters. The van der Waals surface area contributed by atoms with Gasteiger partial charge in [0.2, 0.25) is 5.91 Å². The number of carbonyl (C=O) groups is 1. The van der Waals surface area contributed by atoms with Crippen molar-refractivity contribution in [3.63, 3.8) is 0 Å². The van der Waals surface area contributed by atoms with Crippen molar-refractivity contribution in [2.45, 2.75) is 51.9 Å². The Bertz CT molecular complexity index is 290. The zero-order valence-electron chi connectivity index (χ0n) is 12.7. The maximum Gasteiger partial charge on any atom is 0.222 e. The van der Waals surface area contributed by atoms with Crippen LogP contribution in [-0.4, -0.2) is 37.5 Å². The number of hydrogen-bond donors (Lipinski definition) is 1. The number of likely N-dealkylation sites (tertiary alicyclic amines) is 1. The van der Waals surface area contributed by atoms with Crippen LogP contribution >= 0.6 is 0 Å². The summed E-state index contributed by atoms with van der Waals surface area (Å²) in [5.41, 5.74) is 0. The number of amides is 1. The first kappa shape index (κ1) is 14.8. The van der Waals surface area contributed by atoms with Gasteiger partial charge in [0.15, 0.2) is 0 Å². The topological polar surface area (TPSA) is 32.3 Å². The van der Waals surface area contributed by atoms with Crippen LogP contribution in [0.25, 0.3) is 0 Å². The number of rotatable bonds is 4. The van der Waals surface area contributed by atoms with Crippen molar-refractivity contribution < 1.29 is 4.79 Å². The molecule has 2 rings (SSSR count). The molecule has 2 aliphatic rings.